The Labute approximate surface area is 162 Å². The van der Waals surface area contributed by atoms with E-state index in [9.17, 15) is 4.79 Å². The van der Waals surface area contributed by atoms with Crippen molar-refractivity contribution in [2.75, 3.05) is 32.5 Å². The normalized spacial score (nSPS) is 15.9. The summed E-state index contributed by atoms with van der Waals surface area (Å²) in [6.07, 6.45) is 4.10. The lowest BCUT2D eigenvalue weighted by Crippen LogP contribution is -2.31. The minimum Gasteiger partial charge on any atom is -0.496 e. The quantitative estimate of drug-likeness (QED) is 0.635. The molecule has 1 saturated heterocycles. The number of halogens is 1. The van der Waals surface area contributed by atoms with E-state index in [0.29, 0.717) is 12.3 Å². The van der Waals surface area contributed by atoms with Gasteiger partial charge in [-0.05, 0) is 56.3 Å². The zero-order valence-corrected chi connectivity index (χ0v) is 16.9. The van der Waals surface area contributed by atoms with Crippen LogP contribution in [0.2, 0.25) is 0 Å². The van der Waals surface area contributed by atoms with E-state index in [0.717, 1.165) is 48.4 Å². The first-order valence-electron chi connectivity index (χ1n) is 8.92. The number of benzene rings is 1. The lowest BCUT2D eigenvalue weighted by molar-refractivity contribution is -0.121. The molecule has 1 amide bonds. The Bertz CT molecular complexity index is 510. The van der Waals surface area contributed by atoms with Gasteiger partial charge < -0.3 is 15.4 Å². The third kappa shape index (κ3) is 8.34. The van der Waals surface area contributed by atoms with Crippen LogP contribution in [0.4, 0.5) is 0 Å². The summed E-state index contributed by atoms with van der Waals surface area (Å²) in [5.74, 6) is 3.23. The maximum absolute atomic E-state index is 12.0. The molecule has 0 bridgehead atoms. The van der Waals surface area contributed by atoms with Crippen molar-refractivity contribution in [3.8, 4) is 5.75 Å². The number of nitrogens with one attached hydrogen (secondary N) is 2. The summed E-state index contributed by atoms with van der Waals surface area (Å²) in [7, 11) is 1.70. The van der Waals surface area contributed by atoms with Crippen LogP contribution in [0.5, 0.6) is 5.75 Å². The van der Waals surface area contributed by atoms with E-state index in [4.69, 9.17) is 4.74 Å². The van der Waals surface area contributed by atoms with Crippen LogP contribution >= 0.6 is 24.2 Å². The molecule has 0 saturated carbocycles. The van der Waals surface area contributed by atoms with Crippen LogP contribution in [-0.4, -0.2) is 38.4 Å². The van der Waals surface area contributed by atoms with Crippen molar-refractivity contribution in [2.24, 2.45) is 11.8 Å². The number of ether oxygens (including phenoxy) is 1. The van der Waals surface area contributed by atoms with Gasteiger partial charge in [-0.25, -0.2) is 0 Å². The summed E-state index contributed by atoms with van der Waals surface area (Å²) in [6.45, 7) is 5.12. The van der Waals surface area contributed by atoms with Crippen molar-refractivity contribution in [2.45, 2.75) is 37.5 Å². The molecule has 1 aliphatic rings. The fourth-order valence-electron chi connectivity index (χ4n) is 2.91. The predicted molar refractivity (Wildman–Crippen MR) is 108 cm³/mol. The van der Waals surface area contributed by atoms with Gasteiger partial charge in [0, 0.05) is 23.6 Å². The molecule has 25 heavy (non-hydrogen) atoms. The van der Waals surface area contributed by atoms with E-state index >= 15 is 0 Å². The minimum atomic E-state index is 0. The molecule has 2 rings (SSSR count). The Kier molecular flexibility index (Phi) is 11.0. The van der Waals surface area contributed by atoms with Gasteiger partial charge in [-0.1, -0.05) is 19.1 Å². The second-order valence-corrected chi connectivity index (χ2v) is 7.66. The summed E-state index contributed by atoms with van der Waals surface area (Å²) in [6, 6.07) is 8.07. The molecule has 1 fully saturated rings. The number of para-hydroxylation sites is 1. The highest BCUT2D eigenvalue weighted by Gasteiger charge is 2.15. The molecule has 1 aromatic carbocycles. The van der Waals surface area contributed by atoms with E-state index in [1.165, 1.54) is 12.8 Å². The molecule has 6 heteroatoms. The lowest BCUT2D eigenvalue weighted by Gasteiger charge is -2.22. The highest BCUT2D eigenvalue weighted by Crippen LogP contribution is 2.29. The van der Waals surface area contributed by atoms with Crippen molar-refractivity contribution < 1.29 is 9.53 Å². The molecular formula is C19H31ClN2O2S. The van der Waals surface area contributed by atoms with Gasteiger partial charge in [-0.3, -0.25) is 4.79 Å². The third-order valence-electron chi connectivity index (χ3n) is 4.48. The largest absolute Gasteiger partial charge is 0.496 e. The molecule has 0 aliphatic carbocycles. The van der Waals surface area contributed by atoms with Gasteiger partial charge in [0.25, 0.3) is 0 Å². The number of hydrogen-bond acceptors (Lipinski definition) is 4. The molecule has 4 nitrogen and oxygen atoms in total. The Morgan fingerprint density at radius 3 is 2.80 bits per heavy atom. The maximum atomic E-state index is 12.0. The molecule has 1 aromatic rings. The summed E-state index contributed by atoms with van der Waals surface area (Å²) in [5, 5.41) is 6.45. The monoisotopic (exact) mass is 386 g/mol. The predicted octanol–water partition coefficient (Wildman–Crippen LogP) is 3.74. The Balaban J connectivity index is 0.00000312. The number of rotatable bonds is 9. The van der Waals surface area contributed by atoms with Crippen LogP contribution in [0.3, 0.4) is 0 Å². The maximum Gasteiger partial charge on any atom is 0.220 e. The molecule has 1 atom stereocenters. The van der Waals surface area contributed by atoms with E-state index in [2.05, 4.69) is 23.6 Å². The first-order valence-corrected chi connectivity index (χ1v) is 9.91. The van der Waals surface area contributed by atoms with Gasteiger partial charge in [0.05, 0.1) is 7.11 Å². The van der Waals surface area contributed by atoms with Crippen molar-refractivity contribution >= 4 is 30.1 Å². The molecule has 1 heterocycles. The van der Waals surface area contributed by atoms with Crippen LogP contribution in [0.1, 0.15) is 32.6 Å². The Morgan fingerprint density at radius 2 is 2.08 bits per heavy atom. The first kappa shape index (κ1) is 22.1. The molecule has 0 aromatic heterocycles. The average Bonchev–Trinajstić information content (AvgIpc) is 2.64. The smallest absolute Gasteiger partial charge is 0.220 e. The summed E-state index contributed by atoms with van der Waals surface area (Å²) in [5.41, 5.74) is 0. The average molecular weight is 387 g/mol. The molecule has 2 N–H and O–H groups in total. The molecule has 0 radical (unpaired) electrons. The number of carbonyl (C=O) groups is 1. The number of hydrogen-bond donors (Lipinski definition) is 2. The van der Waals surface area contributed by atoms with Crippen LogP contribution in [0, 0.1) is 11.8 Å². The van der Waals surface area contributed by atoms with Gasteiger partial charge in [0.15, 0.2) is 0 Å². The van der Waals surface area contributed by atoms with Crippen LogP contribution in [-0.2, 0) is 4.79 Å². The molecule has 1 aliphatic heterocycles. The lowest BCUT2D eigenvalue weighted by atomic mass is 9.93. The minimum absolute atomic E-state index is 0. The fourth-order valence-corrected chi connectivity index (χ4v) is 3.96. The SMILES string of the molecule is COc1ccccc1SCC(C)CNC(=O)CCC1CCNCC1.Cl. The highest BCUT2D eigenvalue weighted by atomic mass is 35.5. The molecule has 1 unspecified atom stereocenters. The molecular weight excluding hydrogens is 356 g/mol. The summed E-state index contributed by atoms with van der Waals surface area (Å²) in [4.78, 5) is 13.2. The zero-order valence-electron chi connectivity index (χ0n) is 15.3. The van der Waals surface area contributed by atoms with E-state index in [-0.39, 0.29) is 18.3 Å². The van der Waals surface area contributed by atoms with Crippen molar-refractivity contribution in [1.82, 2.24) is 10.6 Å². The molecule has 0 spiro atoms. The van der Waals surface area contributed by atoms with Gasteiger partial charge in [-0.15, -0.1) is 24.2 Å². The van der Waals surface area contributed by atoms with Crippen LogP contribution in [0.15, 0.2) is 29.2 Å². The third-order valence-corrected chi connectivity index (χ3v) is 5.86. The molecule has 142 valence electrons. The van der Waals surface area contributed by atoms with Crippen LogP contribution in [0.25, 0.3) is 0 Å². The van der Waals surface area contributed by atoms with E-state index in [1.54, 1.807) is 18.9 Å². The zero-order chi connectivity index (χ0) is 17.2. The number of amides is 1. The van der Waals surface area contributed by atoms with Gasteiger partial charge in [0.1, 0.15) is 5.75 Å². The van der Waals surface area contributed by atoms with Gasteiger partial charge in [0.2, 0.25) is 5.91 Å². The highest BCUT2D eigenvalue weighted by molar-refractivity contribution is 7.99. The van der Waals surface area contributed by atoms with Crippen molar-refractivity contribution in [3.05, 3.63) is 24.3 Å². The standard InChI is InChI=1S/C19H30N2O2S.ClH/c1-15(14-24-18-6-4-3-5-17(18)23-2)13-21-19(22)8-7-16-9-11-20-12-10-16;/h3-6,15-16,20H,7-14H2,1-2H3,(H,21,22);1H. The van der Waals surface area contributed by atoms with Crippen molar-refractivity contribution in [3.63, 3.8) is 0 Å². The van der Waals surface area contributed by atoms with Gasteiger partial charge >= 0.3 is 0 Å². The topological polar surface area (TPSA) is 50.4 Å². The summed E-state index contributed by atoms with van der Waals surface area (Å²) >= 11 is 1.78. The fraction of sp³-hybridized carbons (Fsp3) is 0.632. The number of methoxy groups -OCH3 is 1. The Morgan fingerprint density at radius 1 is 1.36 bits per heavy atom. The van der Waals surface area contributed by atoms with E-state index < -0.39 is 0 Å². The number of thioether (sulfide) groups is 1. The number of carbonyl (C=O) groups excluding carboxylic acids is 1. The second kappa shape index (κ2) is 12.4. The van der Waals surface area contributed by atoms with Crippen LogP contribution < -0.4 is 15.4 Å². The van der Waals surface area contributed by atoms with Crippen molar-refractivity contribution in [1.29, 1.82) is 0 Å². The first-order chi connectivity index (χ1) is 11.7. The number of piperidine rings is 1. The Hall–Kier alpha value is -0.910. The summed E-state index contributed by atoms with van der Waals surface area (Å²) < 4.78 is 5.37. The van der Waals surface area contributed by atoms with Gasteiger partial charge in [-0.2, -0.15) is 0 Å². The second-order valence-electron chi connectivity index (χ2n) is 6.60. The van der Waals surface area contributed by atoms with E-state index in [1.807, 2.05) is 18.2 Å².